The van der Waals surface area contributed by atoms with Crippen molar-refractivity contribution in [3.63, 3.8) is 0 Å². The van der Waals surface area contributed by atoms with Gasteiger partial charge in [-0.1, -0.05) is 6.07 Å². The molecule has 2 N–H and O–H groups in total. The summed E-state index contributed by atoms with van der Waals surface area (Å²) in [7, 11) is 2.10. The molecule has 1 aromatic heterocycles. The highest BCUT2D eigenvalue weighted by molar-refractivity contribution is 7.89. The third kappa shape index (κ3) is 3.24. The second kappa shape index (κ2) is 6.97. The van der Waals surface area contributed by atoms with Gasteiger partial charge in [0.15, 0.2) is 0 Å². The van der Waals surface area contributed by atoms with Crippen LogP contribution >= 0.6 is 0 Å². The number of aromatic nitrogens is 3. The SMILES string of the molecule is CNC(=O)c1cc(-c2ccc(OC)c(S(=O)(=O)N(C)C)c2)c2n[nH]nc2c1. The largest absolute Gasteiger partial charge is 0.495 e. The molecule has 0 saturated heterocycles. The maximum atomic E-state index is 12.7. The van der Waals surface area contributed by atoms with Crippen LogP contribution in [-0.4, -0.2) is 62.3 Å². The summed E-state index contributed by atoms with van der Waals surface area (Å²) in [4.78, 5) is 12.1. The van der Waals surface area contributed by atoms with Gasteiger partial charge in [0, 0.05) is 32.3 Å². The molecule has 1 amide bonds. The Hall–Kier alpha value is -2.98. The molecule has 142 valence electrons. The predicted molar refractivity (Wildman–Crippen MR) is 100 cm³/mol. The van der Waals surface area contributed by atoms with E-state index in [-0.39, 0.29) is 16.6 Å². The summed E-state index contributed by atoms with van der Waals surface area (Å²) in [6, 6.07) is 8.06. The number of hydrogen-bond donors (Lipinski definition) is 2. The zero-order chi connectivity index (χ0) is 19.8. The molecule has 0 bridgehead atoms. The van der Waals surface area contributed by atoms with E-state index in [1.807, 2.05) is 0 Å². The fourth-order valence-electron chi connectivity index (χ4n) is 2.69. The van der Waals surface area contributed by atoms with Gasteiger partial charge in [-0.05, 0) is 29.8 Å². The molecule has 9 nitrogen and oxygen atoms in total. The molecule has 0 saturated carbocycles. The van der Waals surface area contributed by atoms with Crippen LogP contribution in [0.1, 0.15) is 10.4 Å². The number of fused-ring (bicyclic) bond motifs is 1. The van der Waals surface area contributed by atoms with Gasteiger partial charge >= 0.3 is 0 Å². The summed E-state index contributed by atoms with van der Waals surface area (Å²) >= 11 is 0. The van der Waals surface area contributed by atoms with E-state index >= 15 is 0 Å². The maximum Gasteiger partial charge on any atom is 0.251 e. The third-order valence-electron chi connectivity index (χ3n) is 4.14. The summed E-state index contributed by atoms with van der Waals surface area (Å²) in [5, 5.41) is 13.3. The van der Waals surface area contributed by atoms with E-state index < -0.39 is 10.0 Å². The summed E-state index contributed by atoms with van der Waals surface area (Å²) < 4.78 is 31.7. The van der Waals surface area contributed by atoms with Crippen LogP contribution < -0.4 is 10.1 Å². The Kier molecular flexibility index (Phi) is 4.85. The van der Waals surface area contributed by atoms with Crippen LogP contribution in [0.4, 0.5) is 0 Å². The molecule has 0 fully saturated rings. The van der Waals surface area contributed by atoms with E-state index in [9.17, 15) is 13.2 Å². The second-order valence-corrected chi connectivity index (χ2v) is 8.07. The molecule has 1 heterocycles. The van der Waals surface area contributed by atoms with Gasteiger partial charge < -0.3 is 10.1 Å². The minimum Gasteiger partial charge on any atom is -0.495 e. The Labute approximate surface area is 156 Å². The van der Waals surface area contributed by atoms with Gasteiger partial charge in [0.25, 0.3) is 5.91 Å². The van der Waals surface area contributed by atoms with Crippen LogP contribution in [0.3, 0.4) is 0 Å². The Balaban J connectivity index is 2.29. The van der Waals surface area contributed by atoms with Crippen LogP contribution in [0.15, 0.2) is 35.2 Å². The zero-order valence-corrected chi connectivity index (χ0v) is 16.1. The third-order valence-corrected chi connectivity index (χ3v) is 5.98. The second-order valence-electron chi connectivity index (χ2n) is 5.95. The highest BCUT2D eigenvalue weighted by atomic mass is 32.2. The van der Waals surface area contributed by atoms with Gasteiger partial charge in [-0.15, -0.1) is 0 Å². The average Bonchev–Trinajstić information content (AvgIpc) is 3.14. The molecule has 0 spiro atoms. The van der Waals surface area contributed by atoms with Crippen LogP contribution in [-0.2, 0) is 10.0 Å². The fourth-order valence-corrected chi connectivity index (χ4v) is 3.76. The molecular weight excluding hydrogens is 370 g/mol. The monoisotopic (exact) mass is 389 g/mol. The van der Waals surface area contributed by atoms with Gasteiger partial charge in [0.1, 0.15) is 21.7 Å². The number of aromatic amines is 1. The Morgan fingerprint density at radius 2 is 1.93 bits per heavy atom. The minimum absolute atomic E-state index is 0.0227. The zero-order valence-electron chi connectivity index (χ0n) is 15.3. The molecular formula is C17H19N5O4S. The number of methoxy groups -OCH3 is 1. The Morgan fingerprint density at radius 3 is 2.56 bits per heavy atom. The van der Waals surface area contributed by atoms with E-state index in [0.29, 0.717) is 27.7 Å². The summed E-state index contributed by atoms with van der Waals surface area (Å²) in [5.41, 5.74) is 2.57. The van der Waals surface area contributed by atoms with Gasteiger partial charge in [0.05, 0.1) is 7.11 Å². The van der Waals surface area contributed by atoms with E-state index in [2.05, 4.69) is 20.7 Å². The van der Waals surface area contributed by atoms with E-state index in [1.54, 1.807) is 24.3 Å². The Morgan fingerprint density at radius 1 is 1.19 bits per heavy atom. The van der Waals surface area contributed by atoms with Crippen molar-refractivity contribution in [1.82, 2.24) is 25.0 Å². The molecule has 10 heteroatoms. The number of nitrogens with one attached hydrogen (secondary N) is 2. The van der Waals surface area contributed by atoms with Crippen molar-refractivity contribution in [3.05, 3.63) is 35.9 Å². The van der Waals surface area contributed by atoms with E-state index in [0.717, 1.165) is 4.31 Å². The summed E-state index contributed by atoms with van der Waals surface area (Å²) in [6.45, 7) is 0. The van der Waals surface area contributed by atoms with Crippen molar-refractivity contribution in [3.8, 4) is 16.9 Å². The lowest BCUT2D eigenvalue weighted by Gasteiger charge is -2.16. The number of carbonyl (C=O) groups excluding carboxylic acids is 1. The van der Waals surface area contributed by atoms with Crippen LogP contribution in [0.5, 0.6) is 5.75 Å². The highest BCUT2D eigenvalue weighted by Gasteiger charge is 2.24. The van der Waals surface area contributed by atoms with Crippen LogP contribution in [0, 0.1) is 0 Å². The maximum absolute atomic E-state index is 12.7. The first-order valence-corrected chi connectivity index (χ1v) is 9.41. The number of H-pyrrole nitrogens is 1. The molecule has 0 unspecified atom stereocenters. The average molecular weight is 389 g/mol. The molecule has 0 radical (unpaired) electrons. The number of carbonyl (C=O) groups is 1. The number of nitrogens with zero attached hydrogens (tertiary/aromatic N) is 3. The Bertz CT molecular complexity index is 1120. The highest BCUT2D eigenvalue weighted by Crippen LogP contribution is 2.34. The molecule has 3 aromatic rings. The topological polar surface area (TPSA) is 117 Å². The lowest BCUT2D eigenvalue weighted by Crippen LogP contribution is -2.22. The van der Waals surface area contributed by atoms with Gasteiger partial charge in [-0.2, -0.15) is 15.4 Å². The van der Waals surface area contributed by atoms with E-state index in [1.165, 1.54) is 34.3 Å². The van der Waals surface area contributed by atoms with Crippen LogP contribution in [0.25, 0.3) is 22.2 Å². The molecule has 0 aliphatic carbocycles. The van der Waals surface area contributed by atoms with Gasteiger partial charge in [-0.25, -0.2) is 12.7 Å². The van der Waals surface area contributed by atoms with Crippen molar-refractivity contribution in [1.29, 1.82) is 0 Å². The van der Waals surface area contributed by atoms with Crippen molar-refractivity contribution in [2.75, 3.05) is 28.3 Å². The number of amides is 1. The number of rotatable bonds is 5. The van der Waals surface area contributed by atoms with Crippen molar-refractivity contribution >= 4 is 27.0 Å². The standard InChI is InChI=1S/C17H19N5O4S/c1-18-17(23)11-7-12(16-13(8-11)19-21-20-16)10-5-6-14(26-4)15(9-10)27(24,25)22(2)3/h5-9H,1-4H3,(H,18,23)(H,19,20,21). The number of benzene rings is 2. The molecule has 0 atom stereocenters. The summed E-state index contributed by atoms with van der Waals surface area (Å²) in [5.74, 6) is -0.0536. The smallest absolute Gasteiger partial charge is 0.251 e. The molecule has 2 aromatic carbocycles. The van der Waals surface area contributed by atoms with Crippen molar-refractivity contribution in [2.45, 2.75) is 4.90 Å². The molecule has 0 aliphatic rings. The first kappa shape index (κ1) is 18.8. The molecule has 27 heavy (non-hydrogen) atoms. The molecule has 3 rings (SSSR count). The first-order valence-electron chi connectivity index (χ1n) is 7.97. The fraction of sp³-hybridized carbons (Fsp3) is 0.235. The number of sulfonamides is 1. The summed E-state index contributed by atoms with van der Waals surface area (Å²) in [6.07, 6.45) is 0. The number of hydrogen-bond acceptors (Lipinski definition) is 6. The quantitative estimate of drug-likeness (QED) is 0.678. The normalized spacial score (nSPS) is 11.7. The number of ether oxygens (including phenoxy) is 1. The molecule has 0 aliphatic heterocycles. The van der Waals surface area contributed by atoms with Gasteiger partial charge in [-0.3, -0.25) is 4.79 Å². The lowest BCUT2D eigenvalue weighted by atomic mass is 10.0. The first-order chi connectivity index (χ1) is 12.8. The van der Waals surface area contributed by atoms with Crippen molar-refractivity contribution < 1.29 is 17.9 Å². The van der Waals surface area contributed by atoms with E-state index in [4.69, 9.17) is 4.74 Å². The van der Waals surface area contributed by atoms with Gasteiger partial charge in [0.2, 0.25) is 10.0 Å². The predicted octanol–water partition coefficient (Wildman–Crippen LogP) is 1.24. The lowest BCUT2D eigenvalue weighted by molar-refractivity contribution is 0.0963. The minimum atomic E-state index is -3.74. The van der Waals surface area contributed by atoms with Crippen LogP contribution in [0.2, 0.25) is 0 Å². The van der Waals surface area contributed by atoms with Crippen molar-refractivity contribution in [2.24, 2.45) is 0 Å².